The third-order valence-corrected chi connectivity index (χ3v) is 6.48. The summed E-state index contributed by atoms with van der Waals surface area (Å²) in [7, 11) is 1.29. The maximum absolute atomic E-state index is 11.6. The van der Waals surface area contributed by atoms with E-state index in [1.807, 2.05) is 12.1 Å². The Labute approximate surface area is 196 Å². The standard InChI is InChI=1S/C23H27N7O4/c1-33-23(32)19-7-6-18(24-25-19)21(31)15-3-2-8-30(14-15)22-17-5-4-16(13-20(17)26-28-27-22)29-9-11-34-12-10-29/h4-7,13,15,21,31H,2-3,8-12,14H2,1H3. The number of aliphatic hydroxyl groups is 1. The molecule has 0 amide bonds. The molecule has 5 rings (SSSR count). The number of fused-ring (bicyclic) bond motifs is 1. The number of benzene rings is 1. The van der Waals surface area contributed by atoms with E-state index in [1.165, 1.54) is 13.2 Å². The number of aromatic nitrogens is 5. The van der Waals surface area contributed by atoms with Crippen LogP contribution in [0.15, 0.2) is 30.3 Å². The summed E-state index contributed by atoms with van der Waals surface area (Å²) in [5, 5.41) is 32.5. The number of hydrogen-bond acceptors (Lipinski definition) is 11. The first-order valence-electron chi connectivity index (χ1n) is 11.4. The van der Waals surface area contributed by atoms with Crippen LogP contribution in [-0.4, -0.2) is 83.2 Å². The lowest BCUT2D eigenvalue weighted by Gasteiger charge is -2.35. The number of rotatable bonds is 5. The van der Waals surface area contributed by atoms with Crippen molar-refractivity contribution >= 4 is 28.4 Å². The van der Waals surface area contributed by atoms with Crippen molar-refractivity contribution in [3.63, 3.8) is 0 Å². The Kier molecular flexibility index (Phi) is 6.45. The van der Waals surface area contributed by atoms with Gasteiger partial charge < -0.3 is 24.4 Å². The number of methoxy groups -OCH3 is 1. The highest BCUT2D eigenvalue weighted by Gasteiger charge is 2.30. The molecule has 2 atom stereocenters. The van der Waals surface area contributed by atoms with Crippen LogP contribution in [0.2, 0.25) is 0 Å². The maximum Gasteiger partial charge on any atom is 0.358 e. The highest BCUT2D eigenvalue weighted by Crippen LogP contribution is 2.33. The SMILES string of the molecule is COC(=O)c1ccc(C(O)C2CCCN(c3nnnc4cc(N5CCOCC5)ccc34)C2)nn1. The van der Waals surface area contributed by atoms with Gasteiger partial charge in [0.2, 0.25) is 0 Å². The molecule has 178 valence electrons. The van der Waals surface area contributed by atoms with Crippen molar-refractivity contribution in [1.82, 2.24) is 25.6 Å². The summed E-state index contributed by atoms with van der Waals surface area (Å²) in [6, 6.07) is 9.33. The Bertz CT molecular complexity index is 1150. The molecular formula is C23H27N7O4. The van der Waals surface area contributed by atoms with Crippen molar-refractivity contribution in [2.24, 2.45) is 5.92 Å². The zero-order valence-corrected chi connectivity index (χ0v) is 19.0. The molecule has 4 heterocycles. The van der Waals surface area contributed by atoms with Crippen LogP contribution in [0, 0.1) is 5.92 Å². The fraction of sp³-hybridized carbons (Fsp3) is 0.478. The minimum Gasteiger partial charge on any atom is -0.464 e. The average Bonchev–Trinajstić information content (AvgIpc) is 2.92. The number of ether oxygens (including phenoxy) is 2. The van der Waals surface area contributed by atoms with E-state index in [9.17, 15) is 9.90 Å². The largest absolute Gasteiger partial charge is 0.464 e. The lowest BCUT2D eigenvalue weighted by atomic mass is 9.90. The van der Waals surface area contributed by atoms with Gasteiger partial charge in [0.15, 0.2) is 11.5 Å². The van der Waals surface area contributed by atoms with Gasteiger partial charge in [0.1, 0.15) is 11.6 Å². The molecular weight excluding hydrogens is 438 g/mol. The lowest BCUT2D eigenvalue weighted by Crippen LogP contribution is -2.39. The van der Waals surface area contributed by atoms with Crippen molar-refractivity contribution in [1.29, 1.82) is 0 Å². The predicted molar refractivity (Wildman–Crippen MR) is 124 cm³/mol. The molecule has 2 saturated heterocycles. The molecule has 2 aliphatic rings. The van der Waals surface area contributed by atoms with Crippen LogP contribution < -0.4 is 9.80 Å². The summed E-state index contributed by atoms with van der Waals surface area (Å²) in [5.74, 6) is 0.143. The van der Waals surface area contributed by atoms with Gasteiger partial charge in [-0.2, -0.15) is 5.10 Å². The van der Waals surface area contributed by atoms with Gasteiger partial charge in [-0.15, -0.1) is 15.3 Å². The second kappa shape index (κ2) is 9.82. The van der Waals surface area contributed by atoms with E-state index >= 15 is 0 Å². The minimum absolute atomic E-state index is 0.0651. The number of anilines is 2. The molecule has 34 heavy (non-hydrogen) atoms. The van der Waals surface area contributed by atoms with Crippen molar-refractivity contribution in [3.05, 3.63) is 41.7 Å². The van der Waals surface area contributed by atoms with Gasteiger partial charge in [-0.05, 0) is 48.4 Å². The highest BCUT2D eigenvalue weighted by atomic mass is 16.5. The second-order valence-electron chi connectivity index (χ2n) is 8.54. The summed E-state index contributed by atoms with van der Waals surface area (Å²) in [6.45, 7) is 4.56. The van der Waals surface area contributed by atoms with Crippen molar-refractivity contribution in [3.8, 4) is 0 Å². The Morgan fingerprint density at radius 2 is 1.94 bits per heavy atom. The molecule has 1 aromatic carbocycles. The topological polar surface area (TPSA) is 127 Å². The Hall–Kier alpha value is -3.44. The van der Waals surface area contributed by atoms with Crippen molar-refractivity contribution in [2.45, 2.75) is 18.9 Å². The van der Waals surface area contributed by atoms with Gasteiger partial charge in [0.25, 0.3) is 0 Å². The van der Waals surface area contributed by atoms with Crippen molar-refractivity contribution in [2.75, 3.05) is 56.3 Å². The summed E-state index contributed by atoms with van der Waals surface area (Å²) >= 11 is 0. The quantitative estimate of drug-likeness (QED) is 0.549. The minimum atomic E-state index is -0.809. The van der Waals surface area contributed by atoms with E-state index in [4.69, 9.17) is 4.74 Å². The second-order valence-corrected chi connectivity index (χ2v) is 8.54. The third-order valence-electron chi connectivity index (χ3n) is 6.48. The van der Waals surface area contributed by atoms with Gasteiger partial charge in [-0.25, -0.2) is 4.79 Å². The number of morpholine rings is 1. The molecule has 2 fully saturated rings. The fourth-order valence-electron chi connectivity index (χ4n) is 4.63. The van der Waals surface area contributed by atoms with Crippen LogP contribution in [0.1, 0.15) is 35.1 Å². The summed E-state index contributed by atoms with van der Waals surface area (Å²) in [6.07, 6.45) is 0.929. The number of hydrogen-bond donors (Lipinski definition) is 1. The number of esters is 1. The first-order valence-corrected chi connectivity index (χ1v) is 11.4. The number of carbonyl (C=O) groups excluding carboxylic acids is 1. The predicted octanol–water partition coefficient (Wildman–Crippen LogP) is 1.39. The van der Waals surface area contributed by atoms with Crippen LogP contribution >= 0.6 is 0 Å². The van der Waals surface area contributed by atoms with E-state index in [1.54, 1.807) is 6.07 Å². The highest BCUT2D eigenvalue weighted by molar-refractivity contribution is 5.91. The van der Waals surface area contributed by atoms with Gasteiger partial charge in [-0.3, -0.25) is 0 Å². The van der Waals surface area contributed by atoms with Crippen LogP contribution in [-0.2, 0) is 9.47 Å². The molecule has 0 bridgehead atoms. The van der Waals surface area contributed by atoms with Crippen LogP contribution in [0.5, 0.6) is 0 Å². The molecule has 0 saturated carbocycles. The molecule has 3 aromatic rings. The van der Waals surface area contributed by atoms with Gasteiger partial charge >= 0.3 is 5.97 Å². The third kappa shape index (κ3) is 4.48. The summed E-state index contributed by atoms with van der Waals surface area (Å²) < 4.78 is 10.1. The first-order chi connectivity index (χ1) is 16.6. The average molecular weight is 466 g/mol. The molecule has 2 aromatic heterocycles. The maximum atomic E-state index is 11.6. The summed E-state index contributed by atoms with van der Waals surface area (Å²) in [5.41, 5.74) is 2.43. The van der Waals surface area contributed by atoms with Crippen LogP contribution in [0.25, 0.3) is 10.9 Å². The molecule has 2 unspecified atom stereocenters. The van der Waals surface area contributed by atoms with E-state index in [2.05, 4.69) is 46.2 Å². The first kappa shape index (κ1) is 22.4. The Morgan fingerprint density at radius 1 is 1.09 bits per heavy atom. The molecule has 2 aliphatic heterocycles. The Morgan fingerprint density at radius 3 is 2.71 bits per heavy atom. The normalized spacial score (nSPS) is 19.8. The zero-order valence-electron chi connectivity index (χ0n) is 19.0. The number of carbonyl (C=O) groups is 1. The van der Waals surface area contributed by atoms with E-state index in [0.717, 1.165) is 68.1 Å². The molecule has 0 aliphatic carbocycles. The summed E-state index contributed by atoms with van der Waals surface area (Å²) in [4.78, 5) is 16.0. The van der Waals surface area contributed by atoms with Gasteiger partial charge in [-0.1, -0.05) is 0 Å². The van der Waals surface area contributed by atoms with Gasteiger partial charge in [0.05, 0.1) is 26.0 Å². The van der Waals surface area contributed by atoms with E-state index in [-0.39, 0.29) is 11.6 Å². The molecule has 1 N–H and O–H groups in total. The molecule has 11 heteroatoms. The van der Waals surface area contributed by atoms with Crippen LogP contribution in [0.3, 0.4) is 0 Å². The molecule has 0 spiro atoms. The molecule has 11 nitrogen and oxygen atoms in total. The fourth-order valence-corrected chi connectivity index (χ4v) is 4.63. The monoisotopic (exact) mass is 465 g/mol. The van der Waals surface area contributed by atoms with E-state index in [0.29, 0.717) is 12.2 Å². The molecule has 0 radical (unpaired) electrons. The lowest BCUT2D eigenvalue weighted by molar-refractivity contribution is 0.0590. The number of aliphatic hydroxyl groups excluding tert-OH is 1. The van der Waals surface area contributed by atoms with Crippen LogP contribution in [0.4, 0.5) is 11.5 Å². The Balaban J connectivity index is 1.34. The van der Waals surface area contributed by atoms with Crippen molar-refractivity contribution < 1.29 is 19.4 Å². The zero-order chi connectivity index (χ0) is 23.5. The number of piperidine rings is 1. The number of nitrogens with zero attached hydrogens (tertiary/aromatic N) is 7. The smallest absolute Gasteiger partial charge is 0.358 e. The van der Waals surface area contributed by atoms with E-state index < -0.39 is 12.1 Å². The van der Waals surface area contributed by atoms with Gasteiger partial charge in [0, 0.05) is 43.2 Å².